The van der Waals surface area contributed by atoms with Gasteiger partial charge in [0.05, 0.1) is 21.3 Å². The maximum Gasteiger partial charge on any atom is 0.247 e. The Bertz CT molecular complexity index is 756. The van der Waals surface area contributed by atoms with Crippen molar-refractivity contribution in [3.8, 4) is 0 Å². The number of carbonyl (C=O) groups is 1. The van der Waals surface area contributed by atoms with Crippen molar-refractivity contribution < 1.29 is 4.79 Å². The number of amides is 1. The zero-order valence-corrected chi connectivity index (χ0v) is 16.1. The topological polar surface area (TPSA) is 41.4 Å². The fraction of sp³-hybridized carbons (Fsp3) is 0.412. The minimum atomic E-state index is -0.353. The van der Waals surface area contributed by atoms with Gasteiger partial charge in [0.15, 0.2) is 0 Å². The molecule has 0 saturated carbocycles. The van der Waals surface area contributed by atoms with Gasteiger partial charge in [0.25, 0.3) is 0 Å². The quantitative estimate of drug-likeness (QED) is 0.783. The fourth-order valence-corrected chi connectivity index (χ4v) is 3.39. The Balaban J connectivity index is 1.54. The summed E-state index contributed by atoms with van der Waals surface area (Å²) in [6.45, 7) is 5.66. The molecule has 1 amide bonds. The third-order valence-electron chi connectivity index (χ3n) is 4.40. The van der Waals surface area contributed by atoms with Crippen LogP contribution in [0.5, 0.6) is 0 Å². The monoisotopic (exact) mass is 400 g/mol. The van der Waals surface area contributed by atoms with Gasteiger partial charge < -0.3 is 4.90 Å². The standard InChI is InChI=1S/C17H19Cl3N4O/c1-12(24-11-14(18)9-21-24)17(25)23-6-4-22(5-7-23)10-13-2-3-15(19)16(20)8-13/h2-3,8-9,11-12H,4-7,10H2,1H3. The zero-order chi connectivity index (χ0) is 18.0. The van der Waals surface area contributed by atoms with Crippen molar-refractivity contribution in [2.45, 2.75) is 19.5 Å². The molecule has 1 saturated heterocycles. The lowest BCUT2D eigenvalue weighted by Gasteiger charge is -2.36. The van der Waals surface area contributed by atoms with E-state index in [0.717, 1.165) is 25.2 Å². The molecule has 0 N–H and O–H groups in total. The molecule has 134 valence electrons. The molecule has 1 atom stereocenters. The van der Waals surface area contributed by atoms with Gasteiger partial charge in [-0.3, -0.25) is 14.4 Å². The molecule has 1 aromatic heterocycles. The van der Waals surface area contributed by atoms with Crippen LogP contribution in [-0.4, -0.2) is 51.7 Å². The predicted octanol–water partition coefficient (Wildman–Crippen LogP) is 3.75. The van der Waals surface area contributed by atoms with E-state index in [2.05, 4.69) is 10.00 Å². The van der Waals surface area contributed by atoms with E-state index in [0.29, 0.717) is 28.2 Å². The number of hydrogen-bond acceptors (Lipinski definition) is 3. The fourth-order valence-electron chi connectivity index (χ4n) is 2.93. The summed E-state index contributed by atoms with van der Waals surface area (Å²) in [7, 11) is 0. The molecule has 0 aliphatic carbocycles. The van der Waals surface area contributed by atoms with Crippen LogP contribution in [-0.2, 0) is 11.3 Å². The maximum absolute atomic E-state index is 12.6. The van der Waals surface area contributed by atoms with Crippen molar-refractivity contribution in [1.29, 1.82) is 0 Å². The van der Waals surface area contributed by atoms with Gasteiger partial charge in [-0.25, -0.2) is 0 Å². The van der Waals surface area contributed by atoms with Crippen molar-refractivity contribution in [1.82, 2.24) is 19.6 Å². The Hall–Kier alpha value is -1.27. The summed E-state index contributed by atoms with van der Waals surface area (Å²) >= 11 is 17.9. The summed E-state index contributed by atoms with van der Waals surface area (Å²) in [5.41, 5.74) is 1.12. The maximum atomic E-state index is 12.6. The first-order valence-electron chi connectivity index (χ1n) is 8.09. The van der Waals surface area contributed by atoms with E-state index >= 15 is 0 Å². The smallest absolute Gasteiger partial charge is 0.247 e. The normalized spacial score (nSPS) is 16.9. The van der Waals surface area contributed by atoms with Crippen molar-refractivity contribution in [2.75, 3.05) is 26.2 Å². The second kappa shape index (κ2) is 7.96. The molecule has 3 rings (SSSR count). The zero-order valence-electron chi connectivity index (χ0n) is 13.8. The number of piperazine rings is 1. The van der Waals surface area contributed by atoms with Crippen LogP contribution < -0.4 is 0 Å². The van der Waals surface area contributed by atoms with Gasteiger partial charge in [0.2, 0.25) is 5.91 Å². The van der Waals surface area contributed by atoms with Crippen LogP contribution in [0.15, 0.2) is 30.6 Å². The van der Waals surface area contributed by atoms with Crippen molar-refractivity contribution in [3.63, 3.8) is 0 Å². The van der Waals surface area contributed by atoms with Crippen molar-refractivity contribution in [3.05, 3.63) is 51.2 Å². The molecule has 2 heterocycles. The Morgan fingerprint density at radius 2 is 1.88 bits per heavy atom. The number of benzene rings is 1. The second-order valence-corrected chi connectivity index (χ2v) is 7.42. The summed E-state index contributed by atoms with van der Waals surface area (Å²) in [6.07, 6.45) is 3.21. The van der Waals surface area contributed by atoms with Crippen molar-refractivity contribution in [2.24, 2.45) is 0 Å². The summed E-state index contributed by atoms with van der Waals surface area (Å²) in [5, 5.41) is 5.79. The Labute approximate surface area is 162 Å². The molecule has 5 nitrogen and oxygen atoms in total. The van der Waals surface area contributed by atoms with E-state index in [1.54, 1.807) is 17.1 Å². The van der Waals surface area contributed by atoms with Crippen LogP contribution in [0, 0.1) is 0 Å². The molecule has 0 spiro atoms. The highest BCUT2D eigenvalue weighted by atomic mass is 35.5. The molecule has 0 bridgehead atoms. The SMILES string of the molecule is CC(C(=O)N1CCN(Cc2ccc(Cl)c(Cl)c2)CC1)n1cc(Cl)cn1. The van der Waals surface area contributed by atoms with E-state index in [1.165, 1.54) is 0 Å². The van der Waals surface area contributed by atoms with E-state index in [9.17, 15) is 4.79 Å². The first-order valence-corrected chi connectivity index (χ1v) is 9.22. The van der Waals surface area contributed by atoms with E-state index in [4.69, 9.17) is 34.8 Å². The van der Waals surface area contributed by atoms with Gasteiger partial charge in [-0.05, 0) is 24.6 Å². The van der Waals surface area contributed by atoms with E-state index in [1.807, 2.05) is 30.0 Å². The van der Waals surface area contributed by atoms with Crippen molar-refractivity contribution >= 4 is 40.7 Å². The molecule has 1 fully saturated rings. The third kappa shape index (κ3) is 4.47. The van der Waals surface area contributed by atoms with E-state index < -0.39 is 0 Å². The van der Waals surface area contributed by atoms with Crippen LogP contribution in [0.3, 0.4) is 0 Å². The lowest BCUT2D eigenvalue weighted by molar-refractivity contribution is -0.136. The number of halogens is 3. The second-order valence-electron chi connectivity index (χ2n) is 6.16. The average molecular weight is 402 g/mol. The molecular formula is C17H19Cl3N4O. The first kappa shape index (κ1) is 18.5. The van der Waals surface area contributed by atoms with Crippen LogP contribution in [0.1, 0.15) is 18.5 Å². The molecule has 25 heavy (non-hydrogen) atoms. The largest absolute Gasteiger partial charge is 0.338 e. The van der Waals surface area contributed by atoms with Crippen LogP contribution in [0.25, 0.3) is 0 Å². The highest BCUT2D eigenvalue weighted by molar-refractivity contribution is 6.42. The molecule has 2 aromatic rings. The van der Waals surface area contributed by atoms with E-state index in [-0.39, 0.29) is 11.9 Å². The molecule has 8 heteroatoms. The van der Waals surface area contributed by atoms with Gasteiger partial charge in [-0.1, -0.05) is 40.9 Å². The Morgan fingerprint density at radius 3 is 2.48 bits per heavy atom. The molecule has 0 radical (unpaired) electrons. The minimum Gasteiger partial charge on any atom is -0.338 e. The summed E-state index contributed by atoms with van der Waals surface area (Å²) in [5.74, 6) is 0.0638. The Kier molecular flexibility index (Phi) is 5.89. The molecule has 1 aliphatic rings. The predicted molar refractivity (Wildman–Crippen MR) is 100 cm³/mol. The molecule has 1 aromatic carbocycles. The molecule has 1 aliphatic heterocycles. The minimum absolute atomic E-state index is 0.0638. The number of aromatic nitrogens is 2. The average Bonchev–Trinajstić information content (AvgIpc) is 3.04. The van der Waals surface area contributed by atoms with Crippen LogP contribution in [0.2, 0.25) is 15.1 Å². The molecule has 1 unspecified atom stereocenters. The summed E-state index contributed by atoms with van der Waals surface area (Å²) < 4.78 is 1.60. The van der Waals surface area contributed by atoms with Gasteiger partial charge >= 0.3 is 0 Å². The lowest BCUT2D eigenvalue weighted by Crippen LogP contribution is -2.49. The number of carbonyl (C=O) groups excluding carboxylic acids is 1. The number of nitrogens with zero attached hydrogens (tertiary/aromatic N) is 4. The lowest BCUT2D eigenvalue weighted by atomic mass is 10.2. The number of hydrogen-bond donors (Lipinski definition) is 0. The summed E-state index contributed by atoms with van der Waals surface area (Å²) in [4.78, 5) is 16.8. The first-order chi connectivity index (χ1) is 11.9. The highest BCUT2D eigenvalue weighted by Gasteiger charge is 2.26. The van der Waals surface area contributed by atoms with Gasteiger partial charge in [0, 0.05) is 38.9 Å². The third-order valence-corrected chi connectivity index (χ3v) is 5.33. The number of rotatable bonds is 4. The highest BCUT2D eigenvalue weighted by Crippen LogP contribution is 2.23. The van der Waals surface area contributed by atoms with Gasteiger partial charge in [-0.15, -0.1) is 0 Å². The van der Waals surface area contributed by atoms with Crippen LogP contribution in [0.4, 0.5) is 0 Å². The molecular weight excluding hydrogens is 383 g/mol. The Morgan fingerprint density at radius 1 is 1.16 bits per heavy atom. The van der Waals surface area contributed by atoms with Gasteiger partial charge in [-0.2, -0.15) is 5.10 Å². The van der Waals surface area contributed by atoms with Crippen LogP contribution >= 0.6 is 34.8 Å². The van der Waals surface area contributed by atoms with Gasteiger partial charge in [0.1, 0.15) is 6.04 Å². The summed E-state index contributed by atoms with van der Waals surface area (Å²) in [6, 6.07) is 5.34.